The van der Waals surface area contributed by atoms with Crippen molar-refractivity contribution in [2.24, 2.45) is 22.3 Å². The largest absolute Gasteiger partial charge is 0.470 e. The number of hydrogen-bond donors (Lipinski definition) is 16. The number of hydrogen-bond acceptors (Lipinski definition) is 30. The van der Waals surface area contributed by atoms with Gasteiger partial charge >= 0.3 is 6.01 Å². The van der Waals surface area contributed by atoms with Crippen LogP contribution in [0.2, 0.25) is 0 Å². The van der Waals surface area contributed by atoms with Crippen molar-refractivity contribution < 1.29 is 27.8 Å². The van der Waals surface area contributed by atoms with Crippen molar-refractivity contribution in [3.8, 4) is 33.9 Å². The lowest BCUT2D eigenvalue weighted by molar-refractivity contribution is 0.0792. The summed E-state index contributed by atoms with van der Waals surface area (Å²) in [5.74, 6) is 5.44. The van der Waals surface area contributed by atoms with Crippen LogP contribution in [0.15, 0.2) is 265 Å². The number of aromatic nitrogens is 9. The molecule has 1 saturated carbocycles. The van der Waals surface area contributed by atoms with E-state index >= 15 is 0 Å². The van der Waals surface area contributed by atoms with Crippen molar-refractivity contribution in [3.05, 3.63) is 281 Å². The van der Waals surface area contributed by atoms with E-state index in [9.17, 15) is 14.4 Å². The molecule has 138 heavy (non-hydrogen) atoms. The van der Waals surface area contributed by atoms with Gasteiger partial charge < -0.3 is 97.7 Å². The molecular weight excluding hydrogens is 1760 g/mol. The Bertz CT molecular complexity index is 5830. The number of carbonyl (C=O) groups is 3. The summed E-state index contributed by atoms with van der Waals surface area (Å²) in [5, 5.41) is 77.8. The van der Waals surface area contributed by atoms with Crippen molar-refractivity contribution in [1.29, 1.82) is 5.41 Å². The van der Waals surface area contributed by atoms with Gasteiger partial charge in [-0.25, -0.2) is 15.0 Å². The Morgan fingerprint density at radius 2 is 1.06 bits per heavy atom. The minimum absolute atomic E-state index is 0.0437. The van der Waals surface area contributed by atoms with E-state index in [1.165, 1.54) is 24.9 Å². The molecule has 732 valence electrons. The number of azo groups is 1. The van der Waals surface area contributed by atoms with Crippen LogP contribution in [0.4, 0.5) is 69.0 Å². The predicted molar refractivity (Wildman–Crippen MR) is 567 cm³/mol. The maximum atomic E-state index is 12.1. The van der Waals surface area contributed by atoms with E-state index in [0.717, 1.165) is 151 Å². The van der Waals surface area contributed by atoms with Crippen molar-refractivity contribution in [1.82, 2.24) is 65.7 Å². The summed E-state index contributed by atoms with van der Waals surface area (Å²) in [7, 11) is 29.4. The highest BCUT2D eigenvalue weighted by molar-refractivity contribution is 7.07. The maximum Gasteiger partial charge on any atom is 0.321 e. The van der Waals surface area contributed by atoms with Crippen LogP contribution in [0.1, 0.15) is 132 Å². The highest BCUT2D eigenvalue weighted by Crippen LogP contribution is 2.40. The molecule has 7 aromatic heterocycles. The number of aromatic amines is 1. The molecule has 0 radical (unpaired) electrons. The molecule has 9 heterocycles. The molecule has 1 saturated heterocycles. The van der Waals surface area contributed by atoms with Crippen LogP contribution in [-0.2, 0) is 12.5 Å². The van der Waals surface area contributed by atoms with E-state index in [0.29, 0.717) is 34.8 Å². The van der Waals surface area contributed by atoms with Gasteiger partial charge in [0, 0.05) is 257 Å². The molecule has 7 aromatic carbocycles. The second kappa shape index (κ2) is 58.3. The van der Waals surface area contributed by atoms with Gasteiger partial charge in [-0.3, -0.25) is 29.6 Å². The Morgan fingerprint density at radius 1 is 0.536 bits per heavy atom. The van der Waals surface area contributed by atoms with Gasteiger partial charge in [0.15, 0.2) is 12.0 Å². The third-order valence-corrected chi connectivity index (χ3v) is 21.5. The fourth-order valence-corrected chi connectivity index (χ4v) is 13.2. The van der Waals surface area contributed by atoms with Gasteiger partial charge in [-0.05, 0) is 168 Å². The summed E-state index contributed by atoms with van der Waals surface area (Å²) < 4.78 is 16.7. The molecule has 0 bridgehead atoms. The number of aryl methyl sites for hydroxylation is 2. The second-order valence-corrected chi connectivity index (χ2v) is 32.7. The number of furan rings is 1. The smallest absolute Gasteiger partial charge is 0.321 e. The minimum atomic E-state index is -0.145. The maximum absolute atomic E-state index is 12.1. The number of amides is 3. The molecule has 3 aliphatic rings. The first-order chi connectivity index (χ1) is 66.6. The van der Waals surface area contributed by atoms with Crippen LogP contribution in [-0.4, -0.2) is 210 Å². The number of aliphatic imine (C=N–C) groups is 1. The SMILES string of the molecule is CNC(=O)c1cccc(NC)c1.CNC(=O)c1cccc(NC)c1.CNc1cc(C(=O)N2CCCC2)cc(C)n1.CNc1cc(C(C)(C)C)on1.CNc1cc(C2CC2)nn1C.CNc1cccc(-c2ccn[nH]2)c1.CNc1cccc(-c2cscn2)c1.CNc1cccc(-c2noc(NC)n2)c1.CNc1cccc(C(=N)N(C)C(C)C)c1.CNc1cccc(C2N=CN=N2)c1.CNc1ccoc1. The molecule has 14 aromatic rings. The summed E-state index contributed by atoms with van der Waals surface area (Å²) in [6.07, 6.45) is 11.3. The molecular formula is C102H137N29O6S. The average Bonchev–Trinajstić information content (AvgIpc) is 1.66. The lowest BCUT2D eigenvalue weighted by atomic mass is 9.93. The number of nitrogens with one attached hydrogen (secondary N) is 16. The molecule has 2 aliphatic heterocycles. The molecule has 16 N–H and O–H groups in total. The molecule has 1 aliphatic carbocycles. The average molecular weight is 1900 g/mol. The monoisotopic (exact) mass is 1900 g/mol. The Hall–Kier alpha value is -15.9. The van der Waals surface area contributed by atoms with Crippen LogP contribution in [0, 0.1) is 12.3 Å². The summed E-state index contributed by atoms with van der Waals surface area (Å²) >= 11 is 1.62. The third kappa shape index (κ3) is 36.5. The summed E-state index contributed by atoms with van der Waals surface area (Å²) in [5.41, 5.74) is 21.6. The van der Waals surface area contributed by atoms with E-state index in [-0.39, 0.29) is 29.3 Å². The van der Waals surface area contributed by atoms with Gasteiger partial charge in [0.1, 0.15) is 35.8 Å². The molecule has 35 nitrogen and oxygen atoms in total. The van der Waals surface area contributed by atoms with E-state index in [1.54, 1.807) is 75.5 Å². The highest BCUT2D eigenvalue weighted by atomic mass is 32.1. The van der Waals surface area contributed by atoms with Gasteiger partial charge in [-0.15, -0.1) is 16.5 Å². The summed E-state index contributed by atoms with van der Waals surface area (Å²) in [6, 6.07) is 67.1. The van der Waals surface area contributed by atoms with E-state index in [2.05, 4.69) is 194 Å². The molecule has 17 rings (SSSR count). The number of amidine groups is 1. The molecule has 0 spiro atoms. The molecule has 2 fully saturated rings. The summed E-state index contributed by atoms with van der Waals surface area (Å²) in [6.45, 7) is 14.1. The van der Waals surface area contributed by atoms with Gasteiger partial charge in [-0.1, -0.05) is 104 Å². The molecule has 1 atom stereocenters. The van der Waals surface area contributed by atoms with Gasteiger partial charge in [0.2, 0.25) is 5.82 Å². The Labute approximate surface area is 814 Å². The Kier molecular flexibility index (Phi) is 46.1. The molecule has 1 unspecified atom stereocenters. The second-order valence-electron chi connectivity index (χ2n) is 32.0. The topological polar surface area (TPSA) is 437 Å². The zero-order valence-electron chi connectivity index (χ0n) is 83.2. The van der Waals surface area contributed by atoms with E-state index < -0.39 is 0 Å². The Balaban J connectivity index is 0.000000207. The van der Waals surface area contributed by atoms with Gasteiger partial charge in [0.05, 0.1) is 34.5 Å². The Morgan fingerprint density at radius 3 is 1.50 bits per heavy atom. The molecule has 36 heteroatoms. The number of H-pyrrole nitrogens is 1. The first kappa shape index (κ1) is 109. The third-order valence-electron chi connectivity index (χ3n) is 20.9. The number of rotatable bonds is 22. The number of pyridine rings is 1. The predicted octanol–water partition coefficient (Wildman–Crippen LogP) is 19.9. The lowest BCUT2D eigenvalue weighted by Crippen LogP contribution is -2.32. The van der Waals surface area contributed by atoms with Crippen molar-refractivity contribution in [2.75, 3.05) is 183 Å². The number of benzene rings is 7. The number of anilines is 12. The number of thiazole rings is 1. The molecule has 3 amide bonds. The van der Waals surface area contributed by atoms with Crippen LogP contribution in [0.3, 0.4) is 0 Å². The van der Waals surface area contributed by atoms with Crippen molar-refractivity contribution >= 4 is 110 Å². The number of nitrogens with zero attached hydrogens (tertiary/aromatic N) is 13. The van der Waals surface area contributed by atoms with Crippen LogP contribution < -0.4 is 74.4 Å². The fourth-order valence-electron chi connectivity index (χ4n) is 12.6. The van der Waals surface area contributed by atoms with E-state index in [1.807, 2.05) is 276 Å². The zero-order chi connectivity index (χ0) is 100. The minimum Gasteiger partial charge on any atom is -0.470 e. The fraction of sp³-hybridized carbons (Fsp3) is 0.314. The van der Waals surface area contributed by atoms with Crippen molar-refractivity contribution in [2.45, 2.75) is 90.8 Å². The van der Waals surface area contributed by atoms with Crippen molar-refractivity contribution in [3.63, 3.8) is 0 Å². The number of carbonyl (C=O) groups excluding carboxylic acids is 3. The van der Waals surface area contributed by atoms with Crippen LogP contribution in [0.5, 0.6) is 0 Å². The standard InChI is InChI=1S/C12H17N3O.C12H19N3.C10H12N4O.C10H11N3.C10H10N2S.C9H10N4.2C9H12N2O.C8H13N3.C8H14N2O.C5H7NO/c1-9-7-10(8-11(13-2)14-9)12(16)15-5-3-4-6-15;1-9(2)15(4)12(13)10-6-5-7-11(8-10)14-3;1-11-8-5-3-4-7(6-8)9-13-10(12-2)15-14-9;1-11-9-4-2-3-8(7-9)10-5-6-12-13-10;1-11-9-4-2-3-8(5-9)10-6-13-7-12-10;1-10-8-4-2-3-7(5-8)9-11-6-12-13-9;2*1-10-8-5-3-4-7(6-8)9(12)11-2;1-9-8-5-7(6-3-4-6)10-11(8)2;1-8(2,3)6-5-7(9-4)10-11-6;1-6-5-2-3-7-4-5/h7-8H,3-6H2,1-2H3,(H,13,14);5-9,13-14H,1-4H3;3-6,11H,1-2H3,(H,12,13,14);2-7,11H,1H3,(H,12,13);2-7,11H,1H3;2-6,9-10H,1H3;2*3-6,10H,1-2H3,(H,11,12);5-6,9H,3-4H2,1-2H3;5H,1-4H3,(H,9,10);2-4,6H,1H3. The van der Waals surface area contributed by atoms with E-state index in [4.69, 9.17) is 18.9 Å². The van der Waals surface area contributed by atoms with Gasteiger partial charge in [-0.2, -0.15) is 20.3 Å². The lowest BCUT2D eigenvalue weighted by Gasteiger charge is -2.24. The van der Waals surface area contributed by atoms with Crippen LogP contribution in [0.25, 0.3) is 33.9 Å². The first-order valence-electron chi connectivity index (χ1n) is 45.2. The zero-order valence-corrected chi connectivity index (χ0v) is 84.1. The van der Waals surface area contributed by atoms with Gasteiger partial charge in [0.25, 0.3) is 17.7 Å². The quantitative estimate of drug-likeness (QED) is 0.0221. The highest BCUT2D eigenvalue weighted by Gasteiger charge is 2.27. The number of likely N-dealkylation sites (tertiary alicyclic amines) is 1. The first-order valence-corrected chi connectivity index (χ1v) is 46.1. The summed E-state index contributed by atoms with van der Waals surface area (Å²) in [4.78, 5) is 55.1. The normalized spacial score (nSPS) is 12.0. The van der Waals surface area contributed by atoms with Crippen LogP contribution >= 0.6 is 11.3 Å².